The predicted molar refractivity (Wildman–Crippen MR) is 52.6 cm³/mol. The Morgan fingerprint density at radius 3 is 2.67 bits per heavy atom. The van der Waals surface area contributed by atoms with E-state index in [4.69, 9.17) is 0 Å². The Kier molecular flexibility index (Phi) is 2.76. The molecule has 1 aromatic rings. The Bertz CT molecular complexity index is 406. The second kappa shape index (κ2) is 3.92. The molecule has 1 aromatic heterocycles. The molecule has 84 valence electrons. The summed E-state index contributed by atoms with van der Waals surface area (Å²) in [5.74, 6) is 0. The number of sulfonamides is 1. The third-order valence-electron chi connectivity index (χ3n) is 2.52. The van der Waals surface area contributed by atoms with Gasteiger partial charge < -0.3 is 5.11 Å². The van der Waals surface area contributed by atoms with Gasteiger partial charge in [0.25, 0.3) is 10.0 Å². The van der Waals surface area contributed by atoms with E-state index in [0.717, 1.165) is 0 Å². The molecule has 1 aliphatic heterocycles. The number of hydrogen-bond donors (Lipinski definition) is 2. The number of hydrogen-bond acceptors (Lipinski definition) is 4. The van der Waals surface area contributed by atoms with E-state index in [1.165, 1.54) is 16.6 Å². The lowest BCUT2D eigenvalue weighted by Gasteiger charge is -2.27. The van der Waals surface area contributed by atoms with Crippen molar-refractivity contribution in [2.75, 3.05) is 13.1 Å². The van der Waals surface area contributed by atoms with Crippen LogP contribution in [0.25, 0.3) is 0 Å². The van der Waals surface area contributed by atoms with Crippen molar-refractivity contribution >= 4 is 10.0 Å². The first-order chi connectivity index (χ1) is 7.10. The minimum absolute atomic E-state index is 0.110. The molecule has 2 N–H and O–H groups in total. The Morgan fingerprint density at radius 2 is 2.13 bits per heavy atom. The van der Waals surface area contributed by atoms with Gasteiger partial charge in [0.05, 0.1) is 12.3 Å². The van der Waals surface area contributed by atoms with Crippen LogP contribution < -0.4 is 0 Å². The van der Waals surface area contributed by atoms with Gasteiger partial charge in [-0.1, -0.05) is 0 Å². The average molecular weight is 231 g/mol. The highest BCUT2D eigenvalue weighted by Crippen LogP contribution is 2.18. The summed E-state index contributed by atoms with van der Waals surface area (Å²) in [5.41, 5.74) is 0. The van der Waals surface area contributed by atoms with Crippen LogP contribution in [0.1, 0.15) is 12.8 Å². The van der Waals surface area contributed by atoms with Gasteiger partial charge in [-0.3, -0.25) is 5.10 Å². The van der Waals surface area contributed by atoms with E-state index >= 15 is 0 Å². The lowest BCUT2D eigenvalue weighted by atomic mass is 10.1. The number of H-pyrrole nitrogens is 1. The smallest absolute Gasteiger partial charge is 0.259 e. The minimum atomic E-state index is -3.44. The molecule has 15 heavy (non-hydrogen) atoms. The molecule has 0 bridgehead atoms. The normalized spacial score (nSPS) is 20.6. The third-order valence-corrected chi connectivity index (χ3v) is 4.34. The van der Waals surface area contributed by atoms with E-state index in [9.17, 15) is 13.5 Å². The number of nitrogens with one attached hydrogen (secondary N) is 1. The van der Waals surface area contributed by atoms with E-state index in [2.05, 4.69) is 10.2 Å². The maximum absolute atomic E-state index is 11.9. The number of rotatable bonds is 2. The lowest BCUT2D eigenvalue weighted by molar-refractivity contribution is 0.113. The van der Waals surface area contributed by atoms with Gasteiger partial charge in [0.2, 0.25) is 0 Å². The quantitative estimate of drug-likeness (QED) is 0.722. The summed E-state index contributed by atoms with van der Waals surface area (Å²) >= 11 is 0. The van der Waals surface area contributed by atoms with Crippen molar-refractivity contribution in [1.29, 1.82) is 0 Å². The zero-order chi connectivity index (χ0) is 10.9. The highest BCUT2D eigenvalue weighted by molar-refractivity contribution is 7.89. The van der Waals surface area contributed by atoms with Crippen LogP contribution in [0.3, 0.4) is 0 Å². The van der Waals surface area contributed by atoms with Crippen molar-refractivity contribution in [3.63, 3.8) is 0 Å². The summed E-state index contributed by atoms with van der Waals surface area (Å²) in [6, 6.07) is 1.43. The van der Waals surface area contributed by atoms with E-state index in [1.807, 2.05) is 0 Å². The first kappa shape index (κ1) is 10.6. The molecule has 0 saturated carbocycles. The Hall–Kier alpha value is -0.920. The van der Waals surface area contributed by atoms with Crippen molar-refractivity contribution in [3.05, 3.63) is 12.3 Å². The number of aliphatic hydroxyl groups excluding tert-OH is 1. The summed E-state index contributed by atoms with van der Waals surface area (Å²) in [7, 11) is -3.44. The Labute approximate surface area is 88.0 Å². The van der Waals surface area contributed by atoms with E-state index < -0.39 is 10.0 Å². The number of nitrogens with zero attached hydrogens (tertiary/aromatic N) is 2. The molecule has 0 aliphatic carbocycles. The van der Waals surface area contributed by atoms with Crippen LogP contribution in [0.15, 0.2) is 17.3 Å². The van der Waals surface area contributed by atoms with Crippen molar-refractivity contribution in [1.82, 2.24) is 14.5 Å². The third kappa shape index (κ3) is 2.04. The highest BCUT2D eigenvalue weighted by Gasteiger charge is 2.29. The Balaban J connectivity index is 2.17. The van der Waals surface area contributed by atoms with Gasteiger partial charge in [-0.25, -0.2) is 8.42 Å². The summed E-state index contributed by atoms with van der Waals surface area (Å²) < 4.78 is 25.2. The number of aliphatic hydroxyl groups is 1. The molecule has 2 rings (SSSR count). The van der Waals surface area contributed by atoms with E-state index in [-0.39, 0.29) is 11.1 Å². The standard InChI is InChI=1S/C8H13N3O3S/c12-7-2-5-11(6-3-7)15(13,14)8-1-4-9-10-8/h1,4,7,12H,2-3,5-6H2,(H,9,10). The summed E-state index contributed by atoms with van der Waals surface area (Å²) in [4.78, 5) is 0. The van der Waals surface area contributed by atoms with Crippen LogP contribution in [-0.2, 0) is 10.0 Å². The molecule has 1 fully saturated rings. The molecule has 1 aliphatic rings. The summed E-state index contributed by atoms with van der Waals surface area (Å²) in [5, 5.41) is 15.5. The topological polar surface area (TPSA) is 86.3 Å². The van der Waals surface area contributed by atoms with Crippen molar-refractivity contribution < 1.29 is 13.5 Å². The van der Waals surface area contributed by atoms with Gasteiger partial charge in [-0.2, -0.15) is 9.40 Å². The van der Waals surface area contributed by atoms with Crippen LogP contribution in [0.5, 0.6) is 0 Å². The molecule has 0 unspecified atom stereocenters. The minimum Gasteiger partial charge on any atom is -0.393 e. The van der Waals surface area contributed by atoms with Gasteiger partial charge in [-0.05, 0) is 18.9 Å². The van der Waals surface area contributed by atoms with Gasteiger partial charge in [-0.15, -0.1) is 0 Å². The fraction of sp³-hybridized carbons (Fsp3) is 0.625. The molecule has 0 spiro atoms. The zero-order valence-electron chi connectivity index (χ0n) is 8.13. The second-order valence-electron chi connectivity index (χ2n) is 3.56. The second-order valence-corrected chi connectivity index (χ2v) is 5.46. The molecular formula is C8H13N3O3S. The highest BCUT2D eigenvalue weighted by atomic mass is 32.2. The number of piperidine rings is 1. The molecule has 0 aromatic carbocycles. The van der Waals surface area contributed by atoms with Gasteiger partial charge in [0.1, 0.15) is 0 Å². The van der Waals surface area contributed by atoms with Crippen molar-refractivity contribution in [2.45, 2.75) is 24.0 Å². The molecule has 6 nitrogen and oxygen atoms in total. The average Bonchev–Trinajstić information content (AvgIpc) is 2.71. The zero-order valence-corrected chi connectivity index (χ0v) is 8.94. The van der Waals surface area contributed by atoms with Crippen LogP contribution in [0.4, 0.5) is 0 Å². The maximum atomic E-state index is 11.9. The first-order valence-corrected chi connectivity index (χ1v) is 6.22. The van der Waals surface area contributed by atoms with Crippen LogP contribution in [0.2, 0.25) is 0 Å². The summed E-state index contributed by atoms with van der Waals surface area (Å²) in [6.07, 6.45) is 2.02. The van der Waals surface area contributed by atoms with Gasteiger partial charge in [0, 0.05) is 13.1 Å². The predicted octanol–water partition coefficient (Wildman–Crippen LogP) is -0.445. The number of aromatic nitrogens is 2. The molecule has 2 heterocycles. The molecule has 1 saturated heterocycles. The molecular weight excluding hydrogens is 218 g/mol. The first-order valence-electron chi connectivity index (χ1n) is 4.78. The largest absolute Gasteiger partial charge is 0.393 e. The van der Waals surface area contributed by atoms with Crippen LogP contribution in [0, 0.1) is 0 Å². The molecule has 0 atom stereocenters. The summed E-state index contributed by atoms with van der Waals surface area (Å²) in [6.45, 7) is 0.727. The lowest BCUT2D eigenvalue weighted by Crippen LogP contribution is -2.40. The fourth-order valence-corrected chi connectivity index (χ4v) is 2.98. The Morgan fingerprint density at radius 1 is 1.47 bits per heavy atom. The molecule has 0 radical (unpaired) electrons. The van der Waals surface area contributed by atoms with E-state index in [0.29, 0.717) is 25.9 Å². The van der Waals surface area contributed by atoms with Gasteiger partial charge in [0.15, 0.2) is 5.03 Å². The fourth-order valence-electron chi connectivity index (χ4n) is 1.61. The SMILES string of the molecule is O=S(=O)(c1ccn[nH]1)N1CCC(O)CC1. The van der Waals surface area contributed by atoms with E-state index in [1.54, 1.807) is 0 Å². The van der Waals surface area contributed by atoms with Crippen molar-refractivity contribution in [3.8, 4) is 0 Å². The van der Waals surface area contributed by atoms with Crippen LogP contribution >= 0.6 is 0 Å². The van der Waals surface area contributed by atoms with Crippen LogP contribution in [-0.4, -0.2) is 47.2 Å². The maximum Gasteiger partial charge on any atom is 0.259 e. The van der Waals surface area contributed by atoms with Gasteiger partial charge >= 0.3 is 0 Å². The molecule has 7 heteroatoms. The van der Waals surface area contributed by atoms with Crippen molar-refractivity contribution in [2.24, 2.45) is 0 Å². The number of aromatic amines is 1. The molecule has 0 amide bonds. The monoisotopic (exact) mass is 231 g/mol.